The van der Waals surface area contributed by atoms with Crippen LogP contribution in [0.25, 0.3) is 0 Å². The highest BCUT2D eigenvalue weighted by Crippen LogP contribution is 2.60. The molecule has 90 valence electrons. The van der Waals surface area contributed by atoms with Crippen molar-refractivity contribution in [1.82, 2.24) is 0 Å². The normalized spacial score (nSPS) is 23.3. The Hall–Kier alpha value is -0.930. The summed E-state index contributed by atoms with van der Waals surface area (Å²) in [6.07, 6.45) is 2.05. The van der Waals surface area contributed by atoms with E-state index in [1.165, 1.54) is 0 Å². The van der Waals surface area contributed by atoms with Crippen molar-refractivity contribution in [2.45, 2.75) is 30.7 Å². The van der Waals surface area contributed by atoms with E-state index in [-0.39, 0.29) is 17.9 Å². The van der Waals surface area contributed by atoms with Crippen molar-refractivity contribution in [1.29, 1.82) is 0 Å². The first-order valence-electron chi connectivity index (χ1n) is 5.51. The molecule has 17 heavy (non-hydrogen) atoms. The summed E-state index contributed by atoms with van der Waals surface area (Å²) in [5.41, 5.74) is 1.58. The molecule has 1 heterocycles. The minimum absolute atomic E-state index is 0.0683. The maximum atomic E-state index is 11.0. The number of fused-ring (bicyclic) bond motifs is 1. The molecule has 1 spiro atoms. The van der Waals surface area contributed by atoms with E-state index in [1.54, 1.807) is 12.1 Å². The van der Waals surface area contributed by atoms with Crippen LogP contribution in [0.4, 0.5) is 5.69 Å². The minimum Gasteiger partial charge on any atom is -0.481 e. The Balaban J connectivity index is 2.11. The predicted molar refractivity (Wildman–Crippen MR) is 67.0 cm³/mol. The van der Waals surface area contributed by atoms with Crippen LogP contribution in [0.5, 0.6) is 0 Å². The molecule has 3 nitrogen and oxygen atoms in total. The Kier molecular flexibility index (Phi) is 2.32. The van der Waals surface area contributed by atoms with Gasteiger partial charge in [-0.15, -0.1) is 0 Å². The minimum atomic E-state index is -0.799. The second-order valence-corrected chi connectivity index (χ2v) is 5.56. The van der Waals surface area contributed by atoms with Crippen LogP contribution in [0.1, 0.15) is 30.7 Å². The molecule has 1 aliphatic carbocycles. The van der Waals surface area contributed by atoms with Crippen LogP contribution >= 0.6 is 23.2 Å². The first kappa shape index (κ1) is 11.2. The Morgan fingerprint density at radius 2 is 2.06 bits per heavy atom. The molecule has 1 atom stereocenters. The van der Waals surface area contributed by atoms with E-state index in [4.69, 9.17) is 28.3 Å². The highest BCUT2D eigenvalue weighted by Gasteiger charge is 2.56. The van der Waals surface area contributed by atoms with Gasteiger partial charge in [-0.25, -0.2) is 0 Å². The summed E-state index contributed by atoms with van der Waals surface area (Å²) in [5, 5.41) is 13.6. The first-order chi connectivity index (χ1) is 8.03. The number of rotatable bonds is 2. The SMILES string of the molecule is O=C(O)CC1c2c(Cl)ccc(Cl)c2NC12CC2. The van der Waals surface area contributed by atoms with E-state index >= 15 is 0 Å². The van der Waals surface area contributed by atoms with Gasteiger partial charge in [-0.2, -0.15) is 0 Å². The molecule has 1 aromatic rings. The van der Waals surface area contributed by atoms with Crippen LogP contribution in [0.2, 0.25) is 10.0 Å². The largest absolute Gasteiger partial charge is 0.481 e. The van der Waals surface area contributed by atoms with Gasteiger partial charge in [0.05, 0.1) is 17.1 Å². The van der Waals surface area contributed by atoms with Crippen LogP contribution in [0.15, 0.2) is 12.1 Å². The summed E-state index contributed by atoms with van der Waals surface area (Å²) < 4.78 is 0. The van der Waals surface area contributed by atoms with Crippen molar-refractivity contribution in [2.75, 3.05) is 5.32 Å². The van der Waals surface area contributed by atoms with Gasteiger partial charge >= 0.3 is 5.97 Å². The lowest BCUT2D eigenvalue weighted by Gasteiger charge is -2.17. The Bertz CT molecular complexity index is 511. The zero-order chi connectivity index (χ0) is 12.2. The Morgan fingerprint density at radius 1 is 1.41 bits per heavy atom. The number of anilines is 1. The zero-order valence-electron chi connectivity index (χ0n) is 8.96. The summed E-state index contributed by atoms with van der Waals surface area (Å²) in [6.45, 7) is 0. The molecule has 1 aliphatic heterocycles. The highest BCUT2D eigenvalue weighted by molar-refractivity contribution is 6.36. The molecule has 1 saturated carbocycles. The molecule has 0 amide bonds. The van der Waals surface area contributed by atoms with Crippen LogP contribution in [0, 0.1) is 0 Å². The van der Waals surface area contributed by atoms with E-state index in [0.29, 0.717) is 10.0 Å². The number of carboxylic acids is 1. The van der Waals surface area contributed by atoms with E-state index in [0.717, 1.165) is 24.1 Å². The number of carboxylic acid groups (broad SMARTS) is 1. The summed E-state index contributed by atoms with van der Waals surface area (Å²) in [7, 11) is 0. The lowest BCUT2D eigenvalue weighted by molar-refractivity contribution is -0.137. The molecule has 5 heteroatoms. The number of halogens is 2. The van der Waals surface area contributed by atoms with Crippen molar-refractivity contribution < 1.29 is 9.90 Å². The van der Waals surface area contributed by atoms with Crippen LogP contribution in [0.3, 0.4) is 0 Å². The van der Waals surface area contributed by atoms with Gasteiger partial charge in [-0.1, -0.05) is 23.2 Å². The van der Waals surface area contributed by atoms with Gasteiger partial charge in [-0.05, 0) is 25.0 Å². The topological polar surface area (TPSA) is 49.3 Å². The Morgan fingerprint density at radius 3 is 2.65 bits per heavy atom. The predicted octanol–water partition coefficient (Wildman–Crippen LogP) is 3.51. The fraction of sp³-hybridized carbons (Fsp3) is 0.417. The molecule has 0 bridgehead atoms. The van der Waals surface area contributed by atoms with Crippen molar-refractivity contribution in [3.05, 3.63) is 27.7 Å². The second-order valence-electron chi connectivity index (χ2n) is 4.75. The molecule has 3 rings (SSSR count). The number of benzene rings is 1. The van der Waals surface area contributed by atoms with Crippen LogP contribution in [-0.4, -0.2) is 16.6 Å². The first-order valence-corrected chi connectivity index (χ1v) is 6.27. The molecule has 0 radical (unpaired) electrons. The summed E-state index contributed by atoms with van der Waals surface area (Å²) >= 11 is 12.3. The molecule has 0 aromatic heterocycles. The fourth-order valence-electron chi connectivity index (χ4n) is 2.73. The molecule has 1 fully saturated rings. The van der Waals surface area contributed by atoms with Crippen molar-refractivity contribution >= 4 is 34.9 Å². The molecule has 2 N–H and O–H groups in total. The molecular weight excluding hydrogens is 261 g/mol. The highest BCUT2D eigenvalue weighted by atomic mass is 35.5. The number of hydrogen-bond donors (Lipinski definition) is 2. The van der Waals surface area contributed by atoms with Crippen molar-refractivity contribution in [2.24, 2.45) is 0 Å². The third kappa shape index (κ3) is 1.60. The lowest BCUT2D eigenvalue weighted by atomic mass is 9.90. The molecule has 2 aliphatic rings. The van der Waals surface area contributed by atoms with E-state index in [9.17, 15) is 4.79 Å². The average Bonchev–Trinajstić information content (AvgIpc) is 2.94. The van der Waals surface area contributed by atoms with Gasteiger partial charge in [0.25, 0.3) is 0 Å². The summed E-state index contributed by atoms with van der Waals surface area (Å²) in [4.78, 5) is 11.0. The monoisotopic (exact) mass is 271 g/mol. The van der Waals surface area contributed by atoms with Gasteiger partial charge in [0, 0.05) is 22.0 Å². The van der Waals surface area contributed by atoms with E-state index < -0.39 is 5.97 Å². The van der Waals surface area contributed by atoms with E-state index in [2.05, 4.69) is 5.32 Å². The maximum Gasteiger partial charge on any atom is 0.304 e. The van der Waals surface area contributed by atoms with Gasteiger partial charge < -0.3 is 10.4 Å². The van der Waals surface area contributed by atoms with Crippen LogP contribution in [-0.2, 0) is 4.79 Å². The molecule has 0 saturated heterocycles. The average molecular weight is 272 g/mol. The third-order valence-corrected chi connectivity index (χ3v) is 4.34. The smallest absolute Gasteiger partial charge is 0.304 e. The van der Waals surface area contributed by atoms with Gasteiger partial charge in [0.1, 0.15) is 0 Å². The quantitative estimate of drug-likeness (QED) is 0.866. The number of carbonyl (C=O) groups is 1. The number of hydrogen-bond acceptors (Lipinski definition) is 2. The number of aliphatic carboxylic acids is 1. The fourth-order valence-corrected chi connectivity index (χ4v) is 3.23. The van der Waals surface area contributed by atoms with E-state index in [1.807, 2.05) is 0 Å². The van der Waals surface area contributed by atoms with Gasteiger partial charge in [0.15, 0.2) is 0 Å². The zero-order valence-corrected chi connectivity index (χ0v) is 10.5. The molecule has 1 unspecified atom stereocenters. The van der Waals surface area contributed by atoms with Gasteiger partial charge in [0.2, 0.25) is 0 Å². The second kappa shape index (κ2) is 3.53. The summed E-state index contributed by atoms with van der Waals surface area (Å²) in [6, 6.07) is 3.48. The van der Waals surface area contributed by atoms with Gasteiger partial charge in [-0.3, -0.25) is 4.79 Å². The molecule has 1 aromatic carbocycles. The van der Waals surface area contributed by atoms with Crippen LogP contribution < -0.4 is 5.32 Å². The Labute approximate surface area is 109 Å². The summed E-state index contributed by atoms with van der Waals surface area (Å²) in [5.74, 6) is -0.867. The number of nitrogens with one attached hydrogen (secondary N) is 1. The standard InChI is InChI=1S/C12H11Cl2NO2/c13-7-1-2-8(14)11-10(7)6(5-9(16)17)12(15-11)3-4-12/h1-2,6,15H,3-5H2,(H,16,17). The third-order valence-electron chi connectivity index (χ3n) is 3.70. The molecular formula is C12H11Cl2NO2. The van der Waals surface area contributed by atoms with Crippen molar-refractivity contribution in [3.8, 4) is 0 Å². The lowest BCUT2D eigenvalue weighted by Crippen LogP contribution is -2.24. The van der Waals surface area contributed by atoms with Crippen molar-refractivity contribution in [3.63, 3.8) is 0 Å². The maximum absolute atomic E-state index is 11.0.